The Morgan fingerprint density at radius 1 is 1.26 bits per heavy atom. The summed E-state index contributed by atoms with van der Waals surface area (Å²) in [7, 11) is 1.61. The molecule has 0 saturated carbocycles. The van der Waals surface area contributed by atoms with Gasteiger partial charge in [-0.15, -0.1) is 0 Å². The third-order valence-electron chi connectivity index (χ3n) is 4.13. The van der Waals surface area contributed by atoms with E-state index in [9.17, 15) is 0 Å². The van der Waals surface area contributed by atoms with Gasteiger partial charge >= 0.3 is 0 Å². The summed E-state index contributed by atoms with van der Waals surface area (Å²) in [4.78, 5) is 17.6. The maximum Gasteiger partial charge on any atom is 0.243 e. The van der Waals surface area contributed by atoms with Crippen LogP contribution in [0.5, 0.6) is 5.88 Å². The van der Waals surface area contributed by atoms with Crippen molar-refractivity contribution >= 4 is 5.95 Å². The summed E-state index contributed by atoms with van der Waals surface area (Å²) in [6, 6.07) is 1.87. The lowest BCUT2D eigenvalue weighted by Gasteiger charge is -2.36. The minimum absolute atomic E-state index is 0.121. The van der Waals surface area contributed by atoms with Gasteiger partial charge in [-0.25, -0.2) is 4.98 Å². The predicted octanol–water partition coefficient (Wildman–Crippen LogP) is 1.31. The Bertz CT molecular complexity index is 638. The number of aryl methyl sites for hydroxylation is 1. The third kappa shape index (κ3) is 3.42. The molecule has 1 fully saturated rings. The maximum absolute atomic E-state index is 5.35. The predicted molar refractivity (Wildman–Crippen MR) is 84.5 cm³/mol. The van der Waals surface area contributed by atoms with Gasteiger partial charge in [-0.05, 0) is 6.92 Å². The molecule has 2 aromatic heterocycles. The smallest absolute Gasteiger partial charge is 0.243 e. The van der Waals surface area contributed by atoms with Gasteiger partial charge < -0.3 is 14.2 Å². The Morgan fingerprint density at radius 2 is 2.04 bits per heavy atom. The summed E-state index contributed by atoms with van der Waals surface area (Å²) < 4.78 is 10.5. The van der Waals surface area contributed by atoms with E-state index in [4.69, 9.17) is 9.26 Å². The van der Waals surface area contributed by atoms with Gasteiger partial charge in [-0.3, -0.25) is 4.90 Å². The minimum Gasteiger partial charge on any atom is -0.481 e. The summed E-state index contributed by atoms with van der Waals surface area (Å²) in [5, 5.41) is 3.98. The lowest BCUT2D eigenvalue weighted by molar-refractivity contribution is 0.163. The van der Waals surface area contributed by atoms with Gasteiger partial charge in [0.05, 0.1) is 13.2 Å². The average Bonchev–Trinajstić information content (AvgIpc) is 3.10. The number of aromatic nitrogens is 4. The van der Waals surface area contributed by atoms with Crippen LogP contribution < -0.4 is 9.64 Å². The van der Waals surface area contributed by atoms with Crippen LogP contribution in [-0.4, -0.2) is 58.3 Å². The molecule has 1 unspecified atom stereocenters. The van der Waals surface area contributed by atoms with Crippen LogP contribution in [0.15, 0.2) is 16.8 Å². The van der Waals surface area contributed by atoms with Gasteiger partial charge in [0.15, 0.2) is 5.82 Å². The molecule has 1 atom stereocenters. The fourth-order valence-corrected chi connectivity index (χ4v) is 2.64. The highest BCUT2D eigenvalue weighted by Gasteiger charge is 2.26. The van der Waals surface area contributed by atoms with Crippen molar-refractivity contribution in [3.8, 4) is 5.88 Å². The summed E-state index contributed by atoms with van der Waals surface area (Å²) in [6.07, 6.45) is 2.51. The van der Waals surface area contributed by atoms with Crippen molar-refractivity contribution in [3.63, 3.8) is 0 Å². The third-order valence-corrected chi connectivity index (χ3v) is 4.13. The Hall–Kier alpha value is -2.22. The highest BCUT2D eigenvalue weighted by Crippen LogP contribution is 2.22. The topological polar surface area (TPSA) is 80.4 Å². The van der Waals surface area contributed by atoms with Crippen molar-refractivity contribution in [3.05, 3.63) is 24.0 Å². The number of piperazine rings is 1. The number of nitrogens with zero attached hydrogens (tertiary/aromatic N) is 6. The van der Waals surface area contributed by atoms with Crippen molar-refractivity contribution in [2.24, 2.45) is 0 Å². The maximum atomic E-state index is 5.35. The van der Waals surface area contributed by atoms with Crippen LogP contribution in [0.3, 0.4) is 0 Å². The van der Waals surface area contributed by atoms with Gasteiger partial charge in [0.1, 0.15) is 0 Å². The first kappa shape index (κ1) is 15.7. The second kappa shape index (κ2) is 6.91. The molecule has 1 aliphatic rings. The van der Waals surface area contributed by atoms with Crippen LogP contribution in [0, 0.1) is 0 Å². The van der Waals surface area contributed by atoms with Gasteiger partial charge in [0.2, 0.25) is 17.7 Å². The first-order valence-corrected chi connectivity index (χ1v) is 7.89. The Kier molecular flexibility index (Phi) is 4.71. The van der Waals surface area contributed by atoms with Gasteiger partial charge in [0.25, 0.3) is 0 Å². The van der Waals surface area contributed by atoms with E-state index in [1.54, 1.807) is 19.4 Å². The molecule has 0 N–H and O–H groups in total. The molecule has 3 rings (SSSR count). The molecule has 8 nitrogen and oxygen atoms in total. The number of hydrogen-bond acceptors (Lipinski definition) is 8. The molecule has 8 heteroatoms. The molecule has 0 radical (unpaired) electrons. The highest BCUT2D eigenvalue weighted by atomic mass is 16.5. The second-order valence-corrected chi connectivity index (χ2v) is 5.50. The summed E-state index contributed by atoms with van der Waals surface area (Å²) in [6.45, 7) is 7.62. The molecule has 1 saturated heterocycles. The molecule has 0 aromatic carbocycles. The fourth-order valence-electron chi connectivity index (χ4n) is 2.64. The average molecular weight is 318 g/mol. The van der Waals surface area contributed by atoms with Gasteiger partial charge in [-0.1, -0.05) is 12.1 Å². The molecule has 1 aliphatic heterocycles. The zero-order valence-corrected chi connectivity index (χ0v) is 13.8. The molecule has 0 aliphatic carbocycles. The number of ether oxygens (including phenoxy) is 1. The van der Waals surface area contributed by atoms with Crippen LogP contribution >= 0.6 is 0 Å². The van der Waals surface area contributed by atoms with E-state index in [-0.39, 0.29) is 6.04 Å². The zero-order chi connectivity index (χ0) is 16.2. The Morgan fingerprint density at radius 3 is 2.70 bits per heavy atom. The van der Waals surface area contributed by atoms with Crippen LogP contribution in [0.25, 0.3) is 0 Å². The van der Waals surface area contributed by atoms with E-state index < -0.39 is 0 Å². The van der Waals surface area contributed by atoms with Crippen LogP contribution in [-0.2, 0) is 6.42 Å². The largest absolute Gasteiger partial charge is 0.481 e. The Labute approximate surface area is 135 Å². The van der Waals surface area contributed by atoms with E-state index in [1.807, 2.05) is 6.92 Å². The second-order valence-electron chi connectivity index (χ2n) is 5.50. The quantitative estimate of drug-likeness (QED) is 0.816. The molecule has 0 spiro atoms. The standard InChI is InChI=1S/C15H22N6O2/c1-4-12-17-14(23-19-12)11(2)20-7-9-21(10-8-20)15-16-6-5-13(18-15)22-3/h5-6,11H,4,7-10H2,1-3H3. The SMILES string of the molecule is CCc1noc(C(C)N2CCN(c3nccc(OC)n3)CC2)n1. The monoisotopic (exact) mass is 318 g/mol. The van der Waals surface area contributed by atoms with Crippen LogP contribution in [0.4, 0.5) is 5.95 Å². The Balaban J connectivity index is 1.61. The molecule has 23 heavy (non-hydrogen) atoms. The number of methoxy groups -OCH3 is 1. The molecule has 124 valence electrons. The van der Waals surface area contributed by atoms with Crippen molar-refractivity contribution in [1.29, 1.82) is 0 Å². The van der Waals surface area contributed by atoms with E-state index >= 15 is 0 Å². The summed E-state index contributed by atoms with van der Waals surface area (Å²) in [5.41, 5.74) is 0. The van der Waals surface area contributed by atoms with E-state index in [0.29, 0.717) is 17.7 Å². The van der Waals surface area contributed by atoms with Crippen molar-refractivity contribution in [2.75, 3.05) is 38.2 Å². The van der Waals surface area contributed by atoms with Crippen molar-refractivity contribution in [2.45, 2.75) is 26.3 Å². The molecule has 2 aromatic rings. The van der Waals surface area contributed by atoms with E-state index in [0.717, 1.165) is 38.4 Å². The van der Waals surface area contributed by atoms with Crippen LogP contribution in [0.1, 0.15) is 31.6 Å². The highest BCUT2D eigenvalue weighted by molar-refractivity contribution is 5.32. The van der Waals surface area contributed by atoms with E-state index in [1.165, 1.54) is 0 Å². The van der Waals surface area contributed by atoms with Gasteiger partial charge in [-0.2, -0.15) is 9.97 Å². The number of anilines is 1. The van der Waals surface area contributed by atoms with Crippen LogP contribution in [0.2, 0.25) is 0 Å². The zero-order valence-electron chi connectivity index (χ0n) is 13.8. The fraction of sp³-hybridized carbons (Fsp3) is 0.600. The molecule has 3 heterocycles. The minimum atomic E-state index is 0.121. The van der Waals surface area contributed by atoms with Gasteiger partial charge in [0, 0.05) is 44.9 Å². The normalized spacial score (nSPS) is 17.3. The van der Waals surface area contributed by atoms with E-state index in [2.05, 4.69) is 36.8 Å². The summed E-state index contributed by atoms with van der Waals surface area (Å²) >= 11 is 0. The summed E-state index contributed by atoms with van der Waals surface area (Å²) in [5.74, 6) is 2.75. The first-order chi connectivity index (χ1) is 11.2. The van der Waals surface area contributed by atoms with Crippen molar-refractivity contribution in [1.82, 2.24) is 25.0 Å². The lowest BCUT2D eigenvalue weighted by atomic mass is 10.2. The number of hydrogen-bond donors (Lipinski definition) is 0. The first-order valence-electron chi connectivity index (χ1n) is 7.89. The molecule has 0 bridgehead atoms. The molecular weight excluding hydrogens is 296 g/mol. The molecular formula is C15H22N6O2. The number of rotatable bonds is 5. The lowest BCUT2D eigenvalue weighted by Crippen LogP contribution is -2.47. The molecule has 0 amide bonds. The van der Waals surface area contributed by atoms with Crippen molar-refractivity contribution < 1.29 is 9.26 Å².